The van der Waals surface area contributed by atoms with Gasteiger partial charge < -0.3 is 0 Å². The highest BCUT2D eigenvalue weighted by atomic mass is 32.2. The maximum Gasteiger partial charge on any atom is 0.250 e. The summed E-state index contributed by atoms with van der Waals surface area (Å²) < 4.78 is 13.3. The summed E-state index contributed by atoms with van der Waals surface area (Å²) in [6.07, 6.45) is 1.57. The molecule has 0 bridgehead atoms. The number of hydrazone groups is 1. The van der Waals surface area contributed by atoms with E-state index in [0.717, 1.165) is 17.3 Å². The van der Waals surface area contributed by atoms with Crippen LogP contribution in [0.4, 0.5) is 4.39 Å². The average molecular weight is 294 g/mol. The van der Waals surface area contributed by atoms with E-state index in [1.54, 1.807) is 35.8 Å². The molecule has 19 heavy (non-hydrogen) atoms. The Labute approximate surface area is 118 Å². The first kappa shape index (κ1) is 13.8. The van der Waals surface area contributed by atoms with Gasteiger partial charge in [0.25, 0.3) is 0 Å². The second-order valence-corrected chi connectivity index (χ2v) is 5.37. The van der Waals surface area contributed by atoms with Crippen LogP contribution in [0, 0.1) is 5.82 Å². The second kappa shape index (κ2) is 7.06. The van der Waals surface area contributed by atoms with Crippen molar-refractivity contribution in [3.05, 3.63) is 52.5 Å². The van der Waals surface area contributed by atoms with Gasteiger partial charge in [-0.25, -0.2) is 9.82 Å². The van der Waals surface area contributed by atoms with Crippen LogP contribution in [0.1, 0.15) is 5.56 Å². The van der Waals surface area contributed by atoms with E-state index in [1.165, 1.54) is 6.07 Å². The molecule has 0 aliphatic rings. The van der Waals surface area contributed by atoms with Gasteiger partial charge in [0.05, 0.1) is 12.0 Å². The Bertz CT molecular complexity index is 570. The molecule has 6 heteroatoms. The predicted octanol–water partition coefficient (Wildman–Crippen LogP) is 3.13. The molecule has 1 aromatic carbocycles. The molecule has 0 unspecified atom stereocenters. The molecule has 0 aliphatic heterocycles. The summed E-state index contributed by atoms with van der Waals surface area (Å²) in [5, 5.41) is 7.67. The number of amides is 1. The molecule has 0 fully saturated rings. The number of rotatable bonds is 5. The smallest absolute Gasteiger partial charge is 0.250 e. The van der Waals surface area contributed by atoms with E-state index < -0.39 is 0 Å². The van der Waals surface area contributed by atoms with Crippen LogP contribution < -0.4 is 5.43 Å². The van der Waals surface area contributed by atoms with Gasteiger partial charge in [0.15, 0.2) is 0 Å². The molecule has 98 valence electrons. The summed E-state index contributed by atoms with van der Waals surface area (Å²) in [6.45, 7) is 0. The van der Waals surface area contributed by atoms with Crippen LogP contribution in [0.5, 0.6) is 0 Å². The number of nitrogens with zero attached hydrogens (tertiary/aromatic N) is 1. The Morgan fingerprint density at radius 3 is 3.00 bits per heavy atom. The summed E-state index contributed by atoms with van der Waals surface area (Å²) in [5.41, 5.74) is 3.34. The van der Waals surface area contributed by atoms with Crippen molar-refractivity contribution in [1.82, 2.24) is 5.43 Å². The SMILES string of the molecule is O=C(CSc1ccccc1F)N/N=C/c1ccsc1. The van der Waals surface area contributed by atoms with Gasteiger partial charge in [-0.05, 0) is 29.0 Å². The van der Waals surface area contributed by atoms with E-state index in [0.29, 0.717) is 4.90 Å². The van der Waals surface area contributed by atoms with Crippen LogP contribution in [0.2, 0.25) is 0 Å². The Balaban J connectivity index is 1.78. The lowest BCUT2D eigenvalue weighted by molar-refractivity contribution is -0.118. The molecule has 1 heterocycles. The van der Waals surface area contributed by atoms with Crippen LogP contribution >= 0.6 is 23.1 Å². The van der Waals surface area contributed by atoms with Gasteiger partial charge >= 0.3 is 0 Å². The number of hydrogen-bond acceptors (Lipinski definition) is 4. The summed E-state index contributed by atoms with van der Waals surface area (Å²) >= 11 is 2.70. The van der Waals surface area contributed by atoms with Crippen LogP contribution in [0.15, 0.2) is 51.1 Å². The normalized spacial score (nSPS) is 10.8. The summed E-state index contributed by atoms with van der Waals surface area (Å²) in [5.74, 6) is -0.455. The third-order valence-electron chi connectivity index (χ3n) is 2.14. The number of carbonyl (C=O) groups excluding carboxylic acids is 1. The van der Waals surface area contributed by atoms with E-state index in [4.69, 9.17) is 0 Å². The van der Waals surface area contributed by atoms with Crippen molar-refractivity contribution in [1.29, 1.82) is 0 Å². The number of carbonyl (C=O) groups is 1. The maximum atomic E-state index is 13.3. The zero-order valence-electron chi connectivity index (χ0n) is 9.88. The minimum atomic E-state index is -0.318. The molecule has 0 saturated carbocycles. The zero-order chi connectivity index (χ0) is 13.5. The lowest BCUT2D eigenvalue weighted by Crippen LogP contribution is -2.19. The minimum Gasteiger partial charge on any atom is -0.272 e. The molecule has 0 atom stereocenters. The van der Waals surface area contributed by atoms with Crippen LogP contribution in [-0.2, 0) is 4.79 Å². The van der Waals surface area contributed by atoms with Crippen molar-refractivity contribution >= 4 is 35.2 Å². The fourth-order valence-corrected chi connectivity index (χ4v) is 2.61. The average Bonchev–Trinajstić information content (AvgIpc) is 2.91. The highest BCUT2D eigenvalue weighted by molar-refractivity contribution is 8.00. The third-order valence-corrected chi connectivity index (χ3v) is 3.89. The standard InChI is InChI=1S/C13H11FN2OS2/c14-11-3-1-2-4-12(11)19-9-13(17)16-15-7-10-5-6-18-8-10/h1-8H,9H2,(H,16,17)/b15-7+. The quantitative estimate of drug-likeness (QED) is 0.523. The summed E-state index contributed by atoms with van der Waals surface area (Å²) in [6, 6.07) is 8.26. The molecule has 0 saturated heterocycles. The first-order valence-corrected chi connectivity index (χ1v) is 7.40. The molecule has 2 aromatic rings. The van der Waals surface area contributed by atoms with Gasteiger partial charge in [0.1, 0.15) is 5.82 Å². The highest BCUT2D eigenvalue weighted by Crippen LogP contribution is 2.20. The van der Waals surface area contributed by atoms with Crippen molar-refractivity contribution in [2.24, 2.45) is 5.10 Å². The van der Waals surface area contributed by atoms with E-state index >= 15 is 0 Å². The first-order chi connectivity index (χ1) is 9.25. The lowest BCUT2D eigenvalue weighted by atomic mass is 10.3. The van der Waals surface area contributed by atoms with Crippen molar-refractivity contribution < 1.29 is 9.18 Å². The van der Waals surface area contributed by atoms with Gasteiger partial charge in [0, 0.05) is 10.5 Å². The monoisotopic (exact) mass is 294 g/mol. The third kappa shape index (κ3) is 4.50. The molecule has 0 spiro atoms. The summed E-state index contributed by atoms with van der Waals surface area (Å²) in [7, 11) is 0. The lowest BCUT2D eigenvalue weighted by Gasteiger charge is -2.01. The Morgan fingerprint density at radius 2 is 2.26 bits per heavy atom. The Kier molecular flexibility index (Phi) is 5.11. The van der Waals surface area contributed by atoms with Gasteiger partial charge in [-0.1, -0.05) is 12.1 Å². The van der Waals surface area contributed by atoms with E-state index in [9.17, 15) is 9.18 Å². The van der Waals surface area contributed by atoms with Crippen molar-refractivity contribution in [2.45, 2.75) is 4.90 Å². The largest absolute Gasteiger partial charge is 0.272 e. The van der Waals surface area contributed by atoms with Crippen LogP contribution in [-0.4, -0.2) is 17.9 Å². The number of thioether (sulfide) groups is 1. The molecule has 1 N–H and O–H groups in total. The maximum absolute atomic E-state index is 13.3. The van der Waals surface area contributed by atoms with Gasteiger partial charge in [-0.15, -0.1) is 11.8 Å². The Hall–Kier alpha value is -1.66. The molecule has 0 aliphatic carbocycles. The number of nitrogens with one attached hydrogen (secondary N) is 1. The molecule has 1 amide bonds. The predicted molar refractivity (Wildman–Crippen MR) is 77.2 cm³/mol. The minimum absolute atomic E-state index is 0.127. The second-order valence-electron chi connectivity index (χ2n) is 3.57. The summed E-state index contributed by atoms with van der Waals surface area (Å²) in [4.78, 5) is 11.9. The number of benzene rings is 1. The highest BCUT2D eigenvalue weighted by Gasteiger charge is 2.05. The van der Waals surface area contributed by atoms with Gasteiger partial charge in [-0.3, -0.25) is 4.79 Å². The fraction of sp³-hybridized carbons (Fsp3) is 0.0769. The fourth-order valence-electron chi connectivity index (χ4n) is 1.26. The van der Waals surface area contributed by atoms with E-state index in [2.05, 4.69) is 10.5 Å². The number of hydrogen-bond donors (Lipinski definition) is 1. The van der Waals surface area contributed by atoms with Crippen molar-refractivity contribution in [3.63, 3.8) is 0 Å². The van der Waals surface area contributed by atoms with Crippen molar-refractivity contribution in [2.75, 3.05) is 5.75 Å². The van der Waals surface area contributed by atoms with Gasteiger partial charge in [-0.2, -0.15) is 16.4 Å². The molecule has 0 radical (unpaired) electrons. The van der Waals surface area contributed by atoms with Crippen LogP contribution in [0.3, 0.4) is 0 Å². The molecular weight excluding hydrogens is 283 g/mol. The number of halogens is 1. The van der Waals surface area contributed by atoms with Crippen LogP contribution in [0.25, 0.3) is 0 Å². The van der Waals surface area contributed by atoms with E-state index in [-0.39, 0.29) is 17.5 Å². The number of thiophene rings is 1. The molecular formula is C13H11FN2OS2. The first-order valence-electron chi connectivity index (χ1n) is 5.47. The van der Waals surface area contributed by atoms with E-state index in [1.807, 2.05) is 16.8 Å². The Morgan fingerprint density at radius 1 is 1.42 bits per heavy atom. The topological polar surface area (TPSA) is 41.5 Å². The van der Waals surface area contributed by atoms with Crippen molar-refractivity contribution in [3.8, 4) is 0 Å². The molecule has 2 rings (SSSR count). The van der Waals surface area contributed by atoms with Gasteiger partial charge in [0.2, 0.25) is 5.91 Å². The molecule has 1 aromatic heterocycles. The molecule has 3 nitrogen and oxygen atoms in total. The zero-order valence-corrected chi connectivity index (χ0v) is 11.5.